The largest absolute Gasteiger partial charge is 0.477 e. The van der Waals surface area contributed by atoms with Gasteiger partial charge in [0.1, 0.15) is 4.88 Å². The van der Waals surface area contributed by atoms with Gasteiger partial charge in [0.05, 0.1) is 11.3 Å². The van der Waals surface area contributed by atoms with Gasteiger partial charge < -0.3 is 10.4 Å². The zero-order valence-electron chi connectivity index (χ0n) is 10.9. The maximum Gasteiger partial charge on any atom is 0.416 e. The minimum atomic E-state index is -4.35. The summed E-state index contributed by atoms with van der Waals surface area (Å²) in [7, 11) is 0. The Morgan fingerprint density at radius 2 is 1.95 bits per heavy atom. The fourth-order valence-electron chi connectivity index (χ4n) is 1.66. The van der Waals surface area contributed by atoms with Crippen LogP contribution in [0.15, 0.2) is 24.3 Å². The Morgan fingerprint density at radius 1 is 1.33 bits per heavy atom. The van der Waals surface area contributed by atoms with E-state index in [1.165, 1.54) is 12.1 Å². The minimum Gasteiger partial charge on any atom is -0.477 e. The molecule has 2 N–H and O–H groups in total. The third kappa shape index (κ3) is 3.72. The smallest absolute Gasteiger partial charge is 0.416 e. The van der Waals surface area contributed by atoms with Crippen molar-refractivity contribution >= 4 is 22.4 Å². The lowest BCUT2D eigenvalue weighted by Gasteiger charge is -2.08. The number of rotatable bonds is 4. The van der Waals surface area contributed by atoms with Crippen molar-refractivity contribution in [1.82, 2.24) is 4.98 Å². The Morgan fingerprint density at radius 3 is 2.43 bits per heavy atom. The van der Waals surface area contributed by atoms with E-state index in [1.807, 2.05) is 0 Å². The summed E-state index contributed by atoms with van der Waals surface area (Å²) in [6, 6.07) is 4.75. The van der Waals surface area contributed by atoms with Crippen LogP contribution in [0.2, 0.25) is 0 Å². The van der Waals surface area contributed by atoms with Crippen LogP contribution in [0.3, 0.4) is 0 Å². The number of carboxylic acid groups (broad SMARTS) is 1. The molecule has 4 nitrogen and oxygen atoms in total. The molecular formula is C13H11F3N2O2S. The van der Waals surface area contributed by atoms with Gasteiger partial charge in [-0.1, -0.05) is 23.5 Å². The van der Waals surface area contributed by atoms with Gasteiger partial charge in [-0.2, -0.15) is 13.2 Å². The molecule has 1 heterocycles. The Bertz CT molecular complexity index is 650. The molecule has 0 aliphatic rings. The number of aromatic carboxylic acids is 1. The van der Waals surface area contributed by atoms with Crippen molar-refractivity contribution in [1.29, 1.82) is 0 Å². The number of nitrogens with one attached hydrogen (secondary N) is 1. The molecule has 0 bridgehead atoms. The lowest BCUT2D eigenvalue weighted by molar-refractivity contribution is -0.137. The van der Waals surface area contributed by atoms with E-state index in [4.69, 9.17) is 5.11 Å². The van der Waals surface area contributed by atoms with Gasteiger partial charge in [0, 0.05) is 6.54 Å². The van der Waals surface area contributed by atoms with Crippen LogP contribution in [0.4, 0.5) is 18.3 Å². The first kappa shape index (κ1) is 15.3. The van der Waals surface area contributed by atoms with Crippen molar-refractivity contribution in [3.05, 3.63) is 46.0 Å². The number of benzene rings is 1. The van der Waals surface area contributed by atoms with E-state index >= 15 is 0 Å². The number of nitrogens with zero attached hydrogens (tertiary/aromatic N) is 1. The molecule has 2 aromatic rings. The van der Waals surface area contributed by atoms with Gasteiger partial charge in [0.25, 0.3) is 0 Å². The van der Waals surface area contributed by atoms with Crippen LogP contribution in [-0.4, -0.2) is 16.1 Å². The van der Waals surface area contributed by atoms with Gasteiger partial charge in [0.2, 0.25) is 0 Å². The molecule has 0 aliphatic carbocycles. The summed E-state index contributed by atoms with van der Waals surface area (Å²) in [5.41, 5.74) is 0.347. The lowest BCUT2D eigenvalue weighted by atomic mass is 10.1. The van der Waals surface area contributed by atoms with Crippen molar-refractivity contribution in [2.75, 3.05) is 5.32 Å². The quantitative estimate of drug-likeness (QED) is 0.901. The number of halogens is 3. The fraction of sp³-hybridized carbons (Fsp3) is 0.231. The van der Waals surface area contributed by atoms with Gasteiger partial charge in [-0.3, -0.25) is 0 Å². The molecule has 0 unspecified atom stereocenters. The summed E-state index contributed by atoms with van der Waals surface area (Å²) < 4.78 is 37.2. The number of hydrogen-bond donors (Lipinski definition) is 2. The van der Waals surface area contributed by atoms with E-state index in [9.17, 15) is 18.0 Å². The second kappa shape index (κ2) is 5.72. The summed E-state index contributed by atoms with van der Waals surface area (Å²) in [4.78, 5) is 15.1. The molecule has 21 heavy (non-hydrogen) atoms. The molecule has 2 rings (SSSR count). The summed E-state index contributed by atoms with van der Waals surface area (Å²) in [5.74, 6) is -1.05. The minimum absolute atomic E-state index is 0.143. The highest BCUT2D eigenvalue weighted by molar-refractivity contribution is 7.17. The SMILES string of the molecule is Cc1nc(NCc2ccc(C(F)(F)F)cc2)sc1C(=O)O. The highest BCUT2D eigenvalue weighted by atomic mass is 32.1. The van der Waals surface area contributed by atoms with Gasteiger partial charge in [-0.15, -0.1) is 0 Å². The lowest BCUT2D eigenvalue weighted by Crippen LogP contribution is -2.05. The monoisotopic (exact) mass is 316 g/mol. The first-order valence-corrected chi connectivity index (χ1v) is 6.70. The molecule has 8 heteroatoms. The number of alkyl halides is 3. The fourth-order valence-corrected chi connectivity index (χ4v) is 2.46. The van der Waals surface area contributed by atoms with E-state index < -0.39 is 17.7 Å². The normalized spacial score (nSPS) is 11.4. The van der Waals surface area contributed by atoms with E-state index in [0.29, 0.717) is 16.4 Å². The number of aromatic nitrogens is 1. The molecule has 112 valence electrons. The van der Waals surface area contributed by atoms with Crippen molar-refractivity contribution in [3.63, 3.8) is 0 Å². The van der Waals surface area contributed by atoms with Crippen LogP contribution in [-0.2, 0) is 12.7 Å². The molecular weight excluding hydrogens is 305 g/mol. The molecule has 0 amide bonds. The van der Waals surface area contributed by atoms with Crippen LogP contribution < -0.4 is 5.32 Å². The highest BCUT2D eigenvalue weighted by Crippen LogP contribution is 2.29. The van der Waals surface area contributed by atoms with Crippen LogP contribution in [0.1, 0.15) is 26.5 Å². The number of thiazole rings is 1. The van der Waals surface area contributed by atoms with Crippen LogP contribution in [0.5, 0.6) is 0 Å². The van der Waals surface area contributed by atoms with Gasteiger partial charge >= 0.3 is 12.1 Å². The second-order valence-corrected chi connectivity index (χ2v) is 5.29. The predicted molar refractivity (Wildman–Crippen MR) is 72.6 cm³/mol. The van der Waals surface area contributed by atoms with E-state index in [-0.39, 0.29) is 11.4 Å². The molecule has 0 fully saturated rings. The third-order valence-electron chi connectivity index (χ3n) is 2.72. The summed E-state index contributed by atoms with van der Waals surface area (Å²) >= 11 is 0.992. The third-order valence-corrected chi connectivity index (χ3v) is 3.82. The zero-order valence-corrected chi connectivity index (χ0v) is 11.7. The first-order valence-electron chi connectivity index (χ1n) is 5.88. The molecule has 0 radical (unpaired) electrons. The van der Waals surface area contributed by atoms with Crippen LogP contribution >= 0.6 is 11.3 Å². The van der Waals surface area contributed by atoms with Gasteiger partial charge in [-0.05, 0) is 24.6 Å². The standard InChI is InChI=1S/C13H11F3N2O2S/c1-7-10(11(19)20)21-12(18-7)17-6-8-2-4-9(5-3-8)13(14,15)16/h2-5H,6H2,1H3,(H,17,18)(H,19,20). The first-order chi connectivity index (χ1) is 9.77. The number of hydrogen-bond acceptors (Lipinski definition) is 4. The molecule has 0 spiro atoms. The van der Waals surface area contributed by atoms with E-state index in [1.54, 1.807) is 6.92 Å². The number of carboxylic acids is 1. The van der Waals surface area contributed by atoms with Crippen LogP contribution in [0, 0.1) is 6.92 Å². The maximum atomic E-state index is 12.4. The summed E-state index contributed by atoms with van der Waals surface area (Å²) in [5, 5.41) is 12.2. The van der Waals surface area contributed by atoms with E-state index in [2.05, 4.69) is 10.3 Å². The number of aryl methyl sites for hydroxylation is 1. The van der Waals surface area contributed by atoms with E-state index in [0.717, 1.165) is 23.5 Å². The van der Waals surface area contributed by atoms with Crippen molar-refractivity contribution in [2.24, 2.45) is 0 Å². The Kier molecular flexibility index (Phi) is 4.17. The zero-order chi connectivity index (χ0) is 15.6. The summed E-state index contributed by atoms with van der Waals surface area (Å²) in [6.45, 7) is 1.85. The molecule has 0 saturated carbocycles. The second-order valence-electron chi connectivity index (χ2n) is 4.29. The topological polar surface area (TPSA) is 62.2 Å². The molecule has 1 aromatic carbocycles. The number of carbonyl (C=O) groups is 1. The average molecular weight is 316 g/mol. The van der Waals surface area contributed by atoms with Crippen molar-refractivity contribution < 1.29 is 23.1 Å². The van der Waals surface area contributed by atoms with Crippen molar-refractivity contribution in [2.45, 2.75) is 19.6 Å². The van der Waals surface area contributed by atoms with Crippen molar-refractivity contribution in [3.8, 4) is 0 Å². The molecule has 0 aliphatic heterocycles. The summed E-state index contributed by atoms with van der Waals surface area (Å²) in [6.07, 6.45) is -4.35. The molecule has 1 aromatic heterocycles. The maximum absolute atomic E-state index is 12.4. The average Bonchev–Trinajstić information content (AvgIpc) is 2.77. The Hall–Kier alpha value is -2.09. The highest BCUT2D eigenvalue weighted by Gasteiger charge is 2.29. The Balaban J connectivity index is 2.03. The van der Waals surface area contributed by atoms with Gasteiger partial charge in [0.15, 0.2) is 5.13 Å². The van der Waals surface area contributed by atoms with Crippen LogP contribution in [0.25, 0.3) is 0 Å². The molecule has 0 saturated heterocycles. The number of anilines is 1. The van der Waals surface area contributed by atoms with Gasteiger partial charge in [-0.25, -0.2) is 9.78 Å². The molecule has 0 atom stereocenters. The Labute approximate surface area is 122 Å². The predicted octanol–water partition coefficient (Wildman–Crippen LogP) is 3.78.